The fourth-order valence-electron chi connectivity index (χ4n) is 2.23. The van der Waals surface area contributed by atoms with Crippen LogP contribution in [0, 0.1) is 11.8 Å². The average Bonchev–Trinajstić information content (AvgIpc) is 2.55. The number of hydrogen-bond acceptors (Lipinski definition) is 5. The Bertz CT molecular complexity index is 485. The van der Waals surface area contributed by atoms with Crippen molar-refractivity contribution in [3.8, 4) is 0 Å². The van der Waals surface area contributed by atoms with Gasteiger partial charge in [0.15, 0.2) is 8.32 Å². The maximum atomic E-state index is 11.8. The van der Waals surface area contributed by atoms with E-state index in [0.29, 0.717) is 6.61 Å². The molecule has 0 radical (unpaired) electrons. The van der Waals surface area contributed by atoms with Crippen LogP contribution in [-0.4, -0.2) is 47.2 Å². The van der Waals surface area contributed by atoms with Crippen LogP contribution in [0.25, 0.3) is 0 Å². The van der Waals surface area contributed by atoms with Crippen LogP contribution in [0.15, 0.2) is 12.2 Å². The number of ether oxygens (including phenoxy) is 2. The first kappa shape index (κ1) is 24.7. The van der Waals surface area contributed by atoms with Gasteiger partial charge in [-0.1, -0.05) is 46.8 Å². The third-order valence-corrected chi connectivity index (χ3v) is 9.62. The predicted octanol–water partition coefficient (Wildman–Crippen LogP) is 4.12. The second-order valence-corrected chi connectivity index (χ2v) is 13.1. The topological polar surface area (TPSA) is 73.9 Å². The number of carbonyl (C=O) groups excluding carboxylic acids is 2. The number of methoxy groups -OCH3 is 2. The summed E-state index contributed by atoms with van der Waals surface area (Å²) in [5.41, 5.74) is 0. The standard InChI is InChI=1S/C19H37NO5Si/c1-14(11-10-12-16(21)23-6)17(20-18(22)24-7)15(2)13-25-26(8,9)19(3,4)5/h10-11,14-15,17H,12-13H2,1-9H3,(H,20,22)/b11-10+/t14-,15+,17+/m1/s1. The van der Waals surface area contributed by atoms with Crippen LogP contribution in [0.3, 0.4) is 0 Å². The molecule has 0 aliphatic carbocycles. The average molecular weight is 388 g/mol. The minimum Gasteiger partial charge on any atom is -0.469 e. The molecule has 0 saturated carbocycles. The fourth-order valence-corrected chi connectivity index (χ4v) is 3.34. The van der Waals surface area contributed by atoms with Crippen LogP contribution in [0.2, 0.25) is 18.1 Å². The minimum atomic E-state index is -1.86. The lowest BCUT2D eigenvalue weighted by atomic mass is 9.90. The Morgan fingerprint density at radius 2 is 1.69 bits per heavy atom. The van der Waals surface area contributed by atoms with Gasteiger partial charge in [0.2, 0.25) is 0 Å². The zero-order valence-corrected chi connectivity index (χ0v) is 18.8. The van der Waals surface area contributed by atoms with E-state index in [-0.39, 0.29) is 35.3 Å². The molecule has 152 valence electrons. The molecule has 7 heteroatoms. The van der Waals surface area contributed by atoms with Gasteiger partial charge in [0.25, 0.3) is 0 Å². The molecule has 1 N–H and O–H groups in total. The van der Waals surface area contributed by atoms with Crippen molar-refractivity contribution in [2.24, 2.45) is 11.8 Å². The second-order valence-electron chi connectivity index (χ2n) is 8.28. The molecule has 0 fully saturated rings. The van der Waals surface area contributed by atoms with E-state index < -0.39 is 14.4 Å². The highest BCUT2D eigenvalue weighted by atomic mass is 28.4. The Kier molecular flexibility index (Phi) is 10.2. The number of esters is 1. The van der Waals surface area contributed by atoms with E-state index in [2.05, 4.69) is 50.8 Å². The number of carbonyl (C=O) groups is 2. The van der Waals surface area contributed by atoms with Crippen molar-refractivity contribution in [1.29, 1.82) is 0 Å². The molecule has 3 atom stereocenters. The summed E-state index contributed by atoms with van der Waals surface area (Å²) in [6.45, 7) is 15.6. The summed E-state index contributed by atoms with van der Waals surface area (Å²) in [6, 6.07) is -0.166. The SMILES string of the molecule is COC(=O)C/C=C/[C@@H](C)[C@H](NC(=O)OC)[C@@H](C)CO[Si](C)(C)C(C)(C)C. The second kappa shape index (κ2) is 10.7. The molecule has 0 saturated heterocycles. The quantitative estimate of drug-likeness (QED) is 0.366. The zero-order valence-electron chi connectivity index (χ0n) is 17.8. The number of nitrogens with one attached hydrogen (secondary N) is 1. The first-order valence-corrected chi connectivity index (χ1v) is 12.0. The summed E-state index contributed by atoms with van der Waals surface area (Å²) in [6.07, 6.45) is 3.42. The molecule has 1 amide bonds. The molecule has 0 rings (SSSR count). The van der Waals surface area contributed by atoms with E-state index in [1.807, 2.05) is 13.0 Å². The Labute approximate surface area is 159 Å². The molecule has 0 aromatic rings. The van der Waals surface area contributed by atoms with Crippen LogP contribution in [0.4, 0.5) is 4.79 Å². The normalized spacial score (nSPS) is 16.0. The highest BCUT2D eigenvalue weighted by Crippen LogP contribution is 2.37. The third kappa shape index (κ3) is 8.36. The largest absolute Gasteiger partial charge is 0.469 e. The smallest absolute Gasteiger partial charge is 0.407 e. The maximum Gasteiger partial charge on any atom is 0.407 e. The monoisotopic (exact) mass is 387 g/mol. The summed E-state index contributed by atoms with van der Waals surface area (Å²) < 4.78 is 15.7. The van der Waals surface area contributed by atoms with Gasteiger partial charge in [-0.3, -0.25) is 4.79 Å². The lowest BCUT2D eigenvalue weighted by Crippen LogP contribution is -2.47. The maximum absolute atomic E-state index is 11.8. The van der Waals surface area contributed by atoms with Crippen molar-refractivity contribution >= 4 is 20.4 Å². The molecule has 0 bridgehead atoms. The molecule has 0 aromatic carbocycles. The number of alkyl carbamates (subject to hydrolysis) is 1. The Morgan fingerprint density at radius 3 is 2.15 bits per heavy atom. The lowest BCUT2D eigenvalue weighted by molar-refractivity contribution is -0.139. The van der Waals surface area contributed by atoms with Gasteiger partial charge in [0.05, 0.1) is 20.6 Å². The van der Waals surface area contributed by atoms with Crippen molar-refractivity contribution < 1.29 is 23.5 Å². The summed E-state index contributed by atoms with van der Waals surface area (Å²) in [7, 11) is 0.846. The number of amides is 1. The van der Waals surface area contributed by atoms with E-state index in [4.69, 9.17) is 9.16 Å². The van der Waals surface area contributed by atoms with E-state index in [1.165, 1.54) is 14.2 Å². The van der Waals surface area contributed by atoms with Gasteiger partial charge in [0, 0.05) is 12.6 Å². The molecular weight excluding hydrogens is 350 g/mol. The van der Waals surface area contributed by atoms with E-state index >= 15 is 0 Å². The Hall–Kier alpha value is -1.34. The first-order chi connectivity index (χ1) is 11.9. The van der Waals surface area contributed by atoms with Crippen molar-refractivity contribution in [2.75, 3.05) is 20.8 Å². The predicted molar refractivity (Wildman–Crippen MR) is 107 cm³/mol. The first-order valence-electron chi connectivity index (χ1n) is 9.07. The fraction of sp³-hybridized carbons (Fsp3) is 0.789. The zero-order chi connectivity index (χ0) is 20.5. The molecule has 6 nitrogen and oxygen atoms in total. The van der Waals surface area contributed by atoms with Crippen LogP contribution >= 0.6 is 0 Å². The van der Waals surface area contributed by atoms with Crippen molar-refractivity contribution in [1.82, 2.24) is 5.32 Å². The minimum absolute atomic E-state index is 0.0109. The van der Waals surface area contributed by atoms with Gasteiger partial charge >= 0.3 is 12.1 Å². The van der Waals surface area contributed by atoms with Gasteiger partial charge < -0.3 is 19.2 Å². The molecule has 0 heterocycles. The third-order valence-electron chi connectivity index (χ3n) is 5.11. The summed E-state index contributed by atoms with van der Waals surface area (Å²) >= 11 is 0. The van der Waals surface area contributed by atoms with Crippen LogP contribution in [-0.2, 0) is 18.7 Å². The lowest BCUT2D eigenvalue weighted by Gasteiger charge is -2.38. The van der Waals surface area contributed by atoms with Crippen LogP contribution < -0.4 is 5.32 Å². The van der Waals surface area contributed by atoms with Crippen molar-refractivity contribution in [3.05, 3.63) is 12.2 Å². The number of hydrogen-bond donors (Lipinski definition) is 1. The van der Waals surface area contributed by atoms with Crippen molar-refractivity contribution in [2.45, 2.75) is 65.2 Å². The van der Waals surface area contributed by atoms with E-state index in [1.54, 1.807) is 6.08 Å². The molecule has 0 aromatic heterocycles. The van der Waals surface area contributed by atoms with Gasteiger partial charge in [0.1, 0.15) is 0 Å². The molecule has 26 heavy (non-hydrogen) atoms. The van der Waals surface area contributed by atoms with Gasteiger partial charge in [-0.25, -0.2) is 4.79 Å². The summed E-state index contributed by atoms with van der Waals surface area (Å²) in [5.74, 6) is -0.196. The van der Waals surface area contributed by atoms with E-state index in [0.717, 1.165) is 0 Å². The van der Waals surface area contributed by atoms with Gasteiger partial charge in [-0.05, 0) is 30.0 Å². The Balaban J connectivity index is 5.05. The molecule has 0 aliphatic heterocycles. The van der Waals surface area contributed by atoms with Crippen molar-refractivity contribution in [3.63, 3.8) is 0 Å². The molecule has 0 aliphatic rings. The number of rotatable bonds is 9. The highest BCUT2D eigenvalue weighted by molar-refractivity contribution is 6.74. The van der Waals surface area contributed by atoms with Crippen LogP contribution in [0.5, 0.6) is 0 Å². The van der Waals surface area contributed by atoms with E-state index in [9.17, 15) is 9.59 Å². The molecular formula is C19H37NO5Si. The van der Waals surface area contributed by atoms with Gasteiger partial charge in [-0.15, -0.1) is 0 Å². The Morgan fingerprint density at radius 1 is 1.12 bits per heavy atom. The summed E-state index contributed by atoms with van der Waals surface area (Å²) in [4.78, 5) is 23.0. The van der Waals surface area contributed by atoms with Crippen LogP contribution in [0.1, 0.15) is 41.0 Å². The highest BCUT2D eigenvalue weighted by Gasteiger charge is 2.38. The summed E-state index contributed by atoms with van der Waals surface area (Å²) in [5, 5.41) is 3.03. The van der Waals surface area contributed by atoms with Gasteiger partial charge in [-0.2, -0.15) is 0 Å². The molecule has 0 spiro atoms. The molecule has 0 unspecified atom stereocenters.